The third kappa shape index (κ3) is 9.39. The summed E-state index contributed by atoms with van der Waals surface area (Å²) >= 11 is 2.76. The van der Waals surface area contributed by atoms with Crippen LogP contribution in [0.3, 0.4) is 0 Å². The molecule has 3 amide bonds. The van der Waals surface area contributed by atoms with E-state index in [1.807, 2.05) is 6.07 Å². The molecule has 0 spiro atoms. The van der Waals surface area contributed by atoms with Crippen LogP contribution in [0, 0.1) is 5.92 Å². The molecule has 2 atom stereocenters. The van der Waals surface area contributed by atoms with Crippen molar-refractivity contribution in [2.75, 3.05) is 31.5 Å². The van der Waals surface area contributed by atoms with E-state index in [1.165, 1.54) is 36.3 Å². The third-order valence-corrected chi connectivity index (χ3v) is 10.5. The van der Waals surface area contributed by atoms with Crippen LogP contribution in [-0.4, -0.2) is 49.8 Å². The second-order valence-corrected chi connectivity index (χ2v) is 14.5. The van der Waals surface area contributed by atoms with Crippen molar-refractivity contribution in [2.45, 2.75) is 50.2 Å². The number of thioether (sulfide) groups is 1. The third-order valence-electron chi connectivity index (χ3n) is 8.27. The maximum Gasteiger partial charge on any atom is 0.341 e. The largest absolute Gasteiger partial charge is 0.497 e. The molecule has 1 aliphatic rings. The summed E-state index contributed by atoms with van der Waals surface area (Å²) in [7, 11) is 3.05. The Morgan fingerprint density at radius 2 is 1.76 bits per heavy atom. The number of anilines is 2. The fraction of sp³-hybridized carbons (Fsp3) is 0.282. The number of fused-ring (bicyclic) bond motifs is 1. The van der Waals surface area contributed by atoms with Gasteiger partial charge in [-0.3, -0.25) is 14.4 Å². The Labute approximate surface area is 306 Å². The first kappa shape index (κ1) is 37.2. The molecule has 0 aliphatic heterocycles. The van der Waals surface area contributed by atoms with Gasteiger partial charge in [-0.15, -0.1) is 23.1 Å². The molecule has 3 aromatic carbocycles. The van der Waals surface area contributed by atoms with Gasteiger partial charge in [0.2, 0.25) is 5.91 Å². The quantitative estimate of drug-likeness (QED) is 0.0729. The van der Waals surface area contributed by atoms with Crippen molar-refractivity contribution in [3.63, 3.8) is 0 Å². The molecule has 1 aromatic heterocycles. The lowest BCUT2D eigenvalue weighted by Gasteiger charge is -2.18. The summed E-state index contributed by atoms with van der Waals surface area (Å²) in [5, 5.41) is 8.60. The minimum atomic E-state index is -0.562. The Bertz CT molecular complexity index is 1940. The van der Waals surface area contributed by atoms with Crippen molar-refractivity contribution in [1.82, 2.24) is 5.32 Å². The molecular formula is C39H41N3O7S2. The number of rotatable bonds is 13. The van der Waals surface area contributed by atoms with E-state index in [-0.39, 0.29) is 18.2 Å². The minimum Gasteiger partial charge on any atom is -0.497 e. The normalized spacial score (nSPS) is 14.5. The van der Waals surface area contributed by atoms with Crippen molar-refractivity contribution >= 4 is 63.6 Å². The van der Waals surface area contributed by atoms with Crippen molar-refractivity contribution in [3.8, 4) is 11.5 Å². The topological polar surface area (TPSA) is 132 Å². The SMILES string of the molecule is CCOC(=O)c1c(NC(=O)C(C)Sc2cccc(NC(=O)/C(=C\c3ccc(OC)cc3OC)NC(=O)c3ccccc3)c2)sc2c1CCC(C)C2. The number of nitrogens with one attached hydrogen (secondary N) is 3. The number of hydrogen-bond donors (Lipinski definition) is 3. The lowest BCUT2D eigenvalue weighted by atomic mass is 9.88. The fourth-order valence-electron chi connectivity index (χ4n) is 5.61. The molecule has 10 nitrogen and oxygen atoms in total. The number of ether oxygens (including phenoxy) is 3. The zero-order valence-corrected chi connectivity index (χ0v) is 30.8. The summed E-state index contributed by atoms with van der Waals surface area (Å²) in [5.41, 5.74) is 2.83. The van der Waals surface area contributed by atoms with Gasteiger partial charge in [0, 0.05) is 32.7 Å². The zero-order valence-electron chi connectivity index (χ0n) is 29.2. The second kappa shape index (κ2) is 17.2. The molecule has 0 fully saturated rings. The van der Waals surface area contributed by atoms with Gasteiger partial charge in [0.25, 0.3) is 11.8 Å². The van der Waals surface area contributed by atoms with E-state index >= 15 is 0 Å². The molecule has 266 valence electrons. The minimum absolute atomic E-state index is 0.0106. The summed E-state index contributed by atoms with van der Waals surface area (Å²) in [5.74, 6) is -0.159. The molecule has 0 radical (unpaired) electrons. The molecule has 4 aromatic rings. The van der Waals surface area contributed by atoms with Gasteiger partial charge >= 0.3 is 5.97 Å². The monoisotopic (exact) mass is 727 g/mol. The Morgan fingerprint density at radius 3 is 2.49 bits per heavy atom. The van der Waals surface area contributed by atoms with E-state index in [4.69, 9.17) is 14.2 Å². The lowest BCUT2D eigenvalue weighted by molar-refractivity contribution is -0.115. The molecule has 2 unspecified atom stereocenters. The molecular weight excluding hydrogens is 687 g/mol. The zero-order chi connectivity index (χ0) is 36.5. The average Bonchev–Trinajstić information content (AvgIpc) is 3.48. The molecule has 1 aliphatic carbocycles. The number of methoxy groups -OCH3 is 2. The van der Waals surface area contributed by atoms with Gasteiger partial charge in [-0.25, -0.2) is 4.79 Å². The highest BCUT2D eigenvalue weighted by atomic mass is 32.2. The highest BCUT2D eigenvalue weighted by Gasteiger charge is 2.30. The molecule has 0 saturated carbocycles. The van der Waals surface area contributed by atoms with Crippen LogP contribution in [0.5, 0.6) is 11.5 Å². The summed E-state index contributed by atoms with van der Waals surface area (Å²) in [6.07, 6.45) is 4.16. The van der Waals surface area contributed by atoms with Gasteiger partial charge in [0.1, 0.15) is 22.2 Å². The van der Waals surface area contributed by atoms with Gasteiger partial charge in [-0.05, 0) is 93.1 Å². The number of benzene rings is 3. The summed E-state index contributed by atoms with van der Waals surface area (Å²) in [6, 6.07) is 20.8. The van der Waals surface area contributed by atoms with Crippen LogP contribution in [0.15, 0.2) is 83.4 Å². The number of thiophene rings is 1. The first-order valence-electron chi connectivity index (χ1n) is 16.6. The Balaban J connectivity index is 1.33. The smallest absolute Gasteiger partial charge is 0.341 e. The van der Waals surface area contributed by atoms with Crippen LogP contribution in [0.4, 0.5) is 10.7 Å². The number of carbonyl (C=O) groups is 4. The van der Waals surface area contributed by atoms with E-state index in [0.717, 1.165) is 34.6 Å². The number of amides is 3. The van der Waals surface area contributed by atoms with Crippen molar-refractivity contribution in [1.29, 1.82) is 0 Å². The van der Waals surface area contributed by atoms with E-state index in [0.29, 0.717) is 44.8 Å². The first-order valence-corrected chi connectivity index (χ1v) is 18.3. The standard InChI is InChI=1S/C39H41N3O7S2/c1-6-49-39(46)34-30-18-15-23(2)19-33(30)51-38(34)42-35(43)24(3)50-29-14-10-13-27(21-29)40-37(45)31(41-36(44)25-11-8-7-9-12-25)20-26-16-17-28(47-4)22-32(26)48-5/h7-14,16-17,20-24H,6,15,18-19H2,1-5H3,(H,40,45)(H,41,44)(H,42,43)/b31-20+. The van der Waals surface area contributed by atoms with Gasteiger partial charge in [0.15, 0.2) is 0 Å². The van der Waals surface area contributed by atoms with E-state index in [1.54, 1.807) is 87.7 Å². The van der Waals surface area contributed by atoms with E-state index in [2.05, 4.69) is 22.9 Å². The predicted octanol–water partition coefficient (Wildman–Crippen LogP) is 7.60. The number of hydrogen-bond acceptors (Lipinski definition) is 9. The van der Waals surface area contributed by atoms with Crippen LogP contribution >= 0.6 is 23.1 Å². The molecule has 1 heterocycles. The summed E-state index contributed by atoms with van der Waals surface area (Å²) in [6.45, 7) is 5.99. The van der Waals surface area contributed by atoms with Crippen LogP contribution in [0.1, 0.15) is 63.9 Å². The summed E-state index contributed by atoms with van der Waals surface area (Å²) < 4.78 is 16.2. The van der Waals surface area contributed by atoms with Gasteiger partial charge in [0.05, 0.1) is 31.6 Å². The highest BCUT2D eigenvalue weighted by molar-refractivity contribution is 8.00. The Kier molecular flexibility index (Phi) is 12.6. The molecule has 5 rings (SSSR count). The number of esters is 1. The van der Waals surface area contributed by atoms with Crippen molar-refractivity contribution in [3.05, 3.63) is 106 Å². The number of carbonyl (C=O) groups excluding carboxylic acids is 4. The summed E-state index contributed by atoms with van der Waals surface area (Å²) in [4.78, 5) is 55.1. The molecule has 0 saturated heterocycles. The highest BCUT2D eigenvalue weighted by Crippen LogP contribution is 2.40. The van der Waals surface area contributed by atoms with Crippen LogP contribution in [-0.2, 0) is 27.2 Å². The molecule has 51 heavy (non-hydrogen) atoms. The van der Waals surface area contributed by atoms with E-state index < -0.39 is 23.0 Å². The fourth-order valence-corrected chi connectivity index (χ4v) is 7.94. The molecule has 3 N–H and O–H groups in total. The Hall–Kier alpha value is -5.07. The first-order chi connectivity index (χ1) is 24.6. The van der Waals surface area contributed by atoms with Gasteiger partial charge in [-0.1, -0.05) is 31.2 Å². The van der Waals surface area contributed by atoms with Crippen molar-refractivity contribution in [2.24, 2.45) is 5.92 Å². The van der Waals surface area contributed by atoms with Crippen LogP contribution in [0.2, 0.25) is 0 Å². The van der Waals surface area contributed by atoms with Gasteiger partial charge < -0.3 is 30.2 Å². The molecule has 12 heteroatoms. The second-order valence-electron chi connectivity index (χ2n) is 12.0. The predicted molar refractivity (Wildman–Crippen MR) is 202 cm³/mol. The van der Waals surface area contributed by atoms with Crippen molar-refractivity contribution < 1.29 is 33.4 Å². The Morgan fingerprint density at radius 1 is 0.980 bits per heavy atom. The lowest BCUT2D eigenvalue weighted by Crippen LogP contribution is -2.30. The molecule has 0 bridgehead atoms. The van der Waals surface area contributed by atoms with Crippen LogP contribution in [0.25, 0.3) is 6.08 Å². The average molecular weight is 728 g/mol. The maximum atomic E-state index is 13.7. The maximum absolute atomic E-state index is 13.7. The van der Waals surface area contributed by atoms with Gasteiger partial charge in [-0.2, -0.15) is 0 Å². The van der Waals surface area contributed by atoms with E-state index in [9.17, 15) is 19.2 Å². The van der Waals surface area contributed by atoms with Crippen LogP contribution < -0.4 is 25.4 Å².